The monoisotopic (exact) mass is 238 g/mol. The Labute approximate surface area is 86.9 Å². The Bertz CT molecular complexity index is 325. The molecule has 68 valence electrons. The number of aromatic nitrogens is 1. The number of anilines is 1. The fraction of sp³-hybridized carbons (Fsp3) is 0.300. The highest BCUT2D eigenvalue weighted by molar-refractivity contribution is 9.10. The molecular weight excluding hydrogens is 228 g/mol. The van der Waals surface area contributed by atoms with Gasteiger partial charge in [-0.05, 0) is 35.0 Å². The Hall–Kier alpha value is -1.01. The van der Waals surface area contributed by atoms with E-state index in [1.165, 1.54) is 0 Å². The fourth-order valence-electron chi connectivity index (χ4n) is 0.884. The summed E-state index contributed by atoms with van der Waals surface area (Å²) in [5.41, 5.74) is 0. The van der Waals surface area contributed by atoms with Crippen LogP contribution in [0.5, 0.6) is 0 Å². The van der Waals surface area contributed by atoms with Crippen molar-refractivity contribution in [2.45, 2.75) is 13.3 Å². The van der Waals surface area contributed by atoms with Gasteiger partial charge in [-0.15, -0.1) is 11.8 Å². The summed E-state index contributed by atoms with van der Waals surface area (Å²) in [5, 5.41) is 3.19. The average molecular weight is 239 g/mol. The van der Waals surface area contributed by atoms with Crippen molar-refractivity contribution in [3.63, 3.8) is 0 Å². The standard InChI is InChI=1S/C10H11BrN2/c1-2-3-4-7-12-10-9(11)6-5-8-13-10/h5-6,8H,4,7H2,1H3,(H,12,13). The largest absolute Gasteiger partial charge is 0.368 e. The SMILES string of the molecule is CC#CCCNc1ncccc1Br. The Morgan fingerprint density at radius 1 is 1.62 bits per heavy atom. The minimum atomic E-state index is 0.830. The molecule has 1 aromatic rings. The van der Waals surface area contributed by atoms with Crippen LogP contribution in [0.2, 0.25) is 0 Å². The van der Waals surface area contributed by atoms with Crippen LogP contribution in [-0.2, 0) is 0 Å². The zero-order chi connectivity index (χ0) is 9.52. The molecule has 0 atom stereocenters. The Morgan fingerprint density at radius 2 is 2.46 bits per heavy atom. The lowest BCUT2D eigenvalue weighted by Crippen LogP contribution is -2.02. The average Bonchev–Trinajstić information content (AvgIpc) is 2.15. The van der Waals surface area contributed by atoms with Crippen molar-refractivity contribution in [2.24, 2.45) is 0 Å². The van der Waals surface area contributed by atoms with Crippen molar-refractivity contribution in [1.82, 2.24) is 4.98 Å². The normalized spacial score (nSPS) is 8.77. The van der Waals surface area contributed by atoms with Crippen molar-refractivity contribution >= 4 is 21.7 Å². The molecule has 0 unspecified atom stereocenters. The van der Waals surface area contributed by atoms with Crippen LogP contribution in [0.3, 0.4) is 0 Å². The highest BCUT2D eigenvalue weighted by atomic mass is 79.9. The molecule has 2 nitrogen and oxygen atoms in total. The van der Waals surface area contributed by atoms with Gasteiger partial charge in [0.25, 0.3) is 0 Å². The lowest BCUT2D eigenvalue weighted by atomic mass is 10.4. The molecule has 0 aliphatic rings. The lowest BCUT2D eigenvalue weighted by Gasteiger charge is -2.03. The molecule has 3 heteroatoms. The Morgan fingerprint density at radius 3 is 3.15 bits per heavy atom. The van der Waals surface area contributed by atoms with Gasteiger partial charge in [0.1, 0.15) is 5.82 Å². The topological polar surface area (TPSA) is 24.9 Å². The summed E-state index contributed by atoms with van der Waals surface area (Å²) < 4.78 is 0.986. The Kier molecular flexibility index (Phi) is 4.34. The Balaban J connectivity index is 2.44. The van der Waals surface area contributed by atoms with Crippen LogP contribution in [0.4, 0.5) is 5.82 Å². The number of hydrogen-bond donors (Lipinski definition) is 1. The third kappa shape index (κ3) is 3.47. The fourth-order valence-corrected chi connectivity index (χ4v) is 1.28. The van der Waals surface area contributed by atoms with E-state index in [-0.39, 0.29) is 0 Å². The van der Waals surface area contributed by atoms with Gasteiger partial charge in [0.15, 0.2) is 0 Å². The third-order valence-electron chi connectivity index (χ3n) is 1.48. The van der Waals surface area contributed by atoms with E-state index in [0.717, 1.165) is 23.3 Å². The second-order valence-electron chi connectivity index (χ2n) is 2.44. The summed E-state index contributed by atoms with van der Waals surface area (Å²) in [6, 6.07) is 3.85. The number of nitrogens with zero attached hydrogens (tertiary/aromatic N) is 1. The second kappa shape index (κ2) is 5.60. The van der Waals surface area contributed by atoms with Gasteiger partial charge in [0.2, 0.25) is 0 Å². The van der Waals surface area contributed by atoms with Crippen LogP contribution >= 0.6 is 15.9 Å². The summed E-state index contributed by atoms with van der Waals surface area (Å²) in [6.07, 6.45) is 2.61. The van der Waals surface area contributed by atoms with Crippen LogP contribution in [0.25, 0.3) is 0 Å². The molecule has 0 aromatic carbocycles. The summed E-state index contributed by atoms with van der Waals surface area (Å²) in [5.74, 6) is 6.70. The third-order valence-corrected chi connectivity index (χ3v) is 2.12. The van der Waals surface area contributed by atoms with E-state index in [4.69, 9.17) is 0 Å². The van der Waals surface area contributed by atoms with E-state index in [9.17, 15) is 0 Å². The van der Waals surface area contributed by atoms with E-state index >= 15 is 0 Å². The molecule has 0 radical (unpaired) electrons. The van der Waals surface area contributed by atoms with E-state index in [1.54, 1.807) is 6.20 Å². The van der Waals surface area contributed by atoms with Gasteiger partial charge in [0.05, 0.1) is 4.47 Å². The van der Waals surface area contributed by atoms with Crippen LogP contribution < -0.4 is 5.32 Å². The molecule has 0 bridgehead atoms. The number of hydrogen-bond acceptors (Lipinski definition) is 2. The van der Waals surface area contributed by atoms with E-state index < -0.39 is 0 Å². The molecule has 0 amide bonds. The molecule has 0 saturated carbocycles. The maximum absolute atomic E-state index is 4.17. The van der Waals surface area contributed by atoms with Crippen molar-refractivity contribution < 1.29 is 0 Å². The van der Waals surface area contributed by atoms with Crippen molar-refractivity contribution in [1.29, 1.82) is 0 Å². The maximum atomic E-state index is 4.17. The first-order valence-electron chi connectivity index (χ1n) is 4.08. The quantitative estimate of drug-likeness (QED) is 0.647. The summed E-state index contributed by atoms with van der Waals surface area (Å²) in [4.78, 5) is 4.17. The second-order valence-corrected chi connectivity index (χ2v) is 3.29. The van der Waals surface area contributed by atoms with Gasteiger partial charge in [-0.25, -0.2) is 4.98 Å². The van der Waals surface area contributed by atoms with Gasteiger partial charge in [-0.3, -0.25) is 0 Å². The minimum Gasteiger partial charge on any atom is -0.368 e. The molecule has 0 spiro atoms. The zero-order valence-electron chi connectivity index (χ0n) is 7.47. The number of halogens is 1. The predicted molar refractivity (Wildman–Crippen MR) is 58.5 cm³/mol. The van der Waals surface area contributed by atoms with Crippen LogP contribution in [-0.4, -0.2) is 11.5 Å². The molecule has 1 heterocycles. The first-order valence-corrected chi connectivity index (χ1v) is 4.88. The molecule has 1 aromatic heterocycles. The molecule has 0 aliphatic heterocycles. The molecule has 1 rings (SSSR count). The highest BCUT2D eigenvalue weighted by Crippen LogP contribution is 2.17. The number of pyridine rings is 1. The van der Waals surface area contributed by atoms with E-state index in [1.807, 2.05) is 19.1 Å². The van der Waals surface area contributed by atoms with Gasteiger partial charge in [-0.1, -0.05) is 0 Å². The van der Waals surface area contributed by atoms with Crippen LogP contribution in [0, 0.1) is 11.8 Å². The number of rotatable bonds is 3. The predicted octanol–water partition coefficient (Wildman–Crippen LogP) is 2.67. The van der Waals surface area contributed by atoms with E-state index in [0.29, 0.717) is 0 Å². The van der Waals surface area contributed by atoms with Crippen LogP contribution in [0.1, 0.15) is 13.3 Å². The summed E-state index contributed by atoms with van der Waals surface area (Å²) in [7, 11) is 0. The van der Waals surface area contributed by atoms with Gasteiger partial charge in [0, 0.05) is 19.2 Å². The van der Waals surface area contributed by atoms with Crippen molar-refractivity contribution in [3.05, 3.63) is 22.8 Å². The van der Waals surface area contributed by atoms with Crippen molar-refractivity contribution in [3.8, 4) is 11.8 Å². The minimum absolute atomic E-state index is 0.830. The van der Waals surface area contributed by atoms with Crippen LogP contribution in [0.15, 0.2) is 22.8 Å². The molecule has 13 heavy (non-hydrogen) atoms. The summed E-state index contributed by atoms with van der Waals surface area (Å²) in [6.45, 7) is 2.67. The molecule has 0 fully saturated rings. The first-order chi connectivity index (χ1) is 6.34. The molecule has 0 saturated heterocycles. The van der Waals surface area contributed by atoms with Gasteiger partial charge >= 0.3 is 0 Å². The maximum Gasteiger partial charge on any atom is 0.140 e. The highest BCUT2D eigenvalue weighted by Gasteiger charge is 1.96. The smallest absolute Gasteiger partial charge is 0.140 e. The molecule has 0 aliphatic carbocycles. The van der Waals surface area contributed by atoms with Crippen molar-refractivity contribution in [2.75, 3.05) is 11.9 Å². The molecule has 1 N–H and O–H groups in total. The van der Waals surface area contributed by atoms with Gasteiger partial charge in [-0.2, -0.15) is 0 Å². The number of nitrogens with one attached hydrogen (secondary N) is 1. The lowest BCUT2D eigenvalue weighted by molar-refractivity contribution is 1.07. The zero-order valence-corrected chi connectivity index (χ0v) is 9.06. The first kappa shape index (κ1) is 10.1. The summed E-state index contributed by atoms with van der Waals surface area (Å²) >= 11 is 3.40. The van der Waals surface area contributed by atoms with Gasteiger partial charge < -0.3 is 5.32 Å². The van der Waals surface area contributed by atoms with E-state index in [2.05, 4.69) is 38.1 Å². The molecular formula is C10H11BrN2.